The summed E-state index contributed by atoms with van der Waals surface area (Å²) >= 11 is 0. The van der Waals surface area contributed by atoms with Gasteiger partial charge >= 0.3 is 0 Å². The highest BCUT2D eigenvalue weighted by Gasteiger charge is 2.12. The first kappa shape index (κ1) is 36.8. The molecule has 34 heavy (non-hydrogen) atoms. The number of benzene rings is 1. The minimum Gasteiger partial charge on any atom is -0.325 e. The number of aryl methyl sites for hydroxylation is 1. The average Bonchev–Trinajstić information content (AvgIpc) is 3.11. The predicted molar refractivity (Wildman–Crippen MR) is 159 cm³/mol. The van der Waals surface area contributed by atoms with Crippen LogP contribution in [-0.4, -0.2) is 5.54 Å². The first-order valence-corrected chi connectivity index (χ1v) is 13.8. The molecule has 1 aliphatic rings. The summed E-state index contributed by atoms with van der Waals surface area (Å²) in [4.78, 5) is 0. The van der Waals surface area contributed by atoms with Crippen molar-refractivity contribution in [3.8, 4) is 12.8 Å². The van der Waals surface area contributed by atoms with Crippen LogP contribution in [0, 0.1) is 25.7 Å². The van der Waals surface area contributed by atoms with Gasteiger partial charge in [-0.1, -0.05) is 121 Å². The molecule has 2 N–H and O–H groups in total. The summed E-state index contributed by atoms with van der Waals surface area (Å²) in [5.41, 5.74) is 10.2. The molecule has 0 bridgehead atoms. The van der Waals surface area contributed by atoms with E-state index in [0.717, 1.165) is 12.3 Å². The number of rotatable bonds is 8. The van der Waals surface area contributed by atoms with Gasteiger partial charge in [0.1, 0.15) is 0 Å². The van der Waals surface area contributed by atoms with Gasteiger partial charge in [-0.3, -0.25) is 0 Å². The monoisotopic (exact) mass is 469 g/mol. The summed E-state index contributed by atoms with van der Waals surface area (Å²) in [6.45, 7) is 19.1. The van der Waals surface area contributed by atoms with Gasteiger partial charge in [0.25, 0.3) is 0 Å². The first-order valence-electron chi connectivity index (χ1n) is 13.8. The smallest absolute Gasteiger partial charge is 0.0138 e. The van der Waals surface area contributed by atoms with Crippen LogP contribution in [0.3, 0.4) is 0 Å². The summed E-state index contributed by atoms with van der Waals surface area (Å²) in [6.07, 6.45) is 28.0. The Kier molecular flexibility index (Phi) is 27.9. The number of nitrogens with two attached hydrogens (primary N) is 1. The number of hydrogen-bond acceptors (Lipinski definition) is 1. The second-order valence-electron chi connectivity index (χ2n) is 9.48. The Morgan fingerprint density at radius 2 is 1.50 bits per heavy atom. The lowest BCUT2D eigenvalue weighted by Gasteiger charge is -2.18. The molecule has 1 unspecified atom stereocenters. The van der Waals surface area contributed by atoms with Gasteiger partial charge < -0.3 is 5.73 Å². The average molecular weight is 470 g/mol. The molecule has 1 aliphatic carbocycles. The number of hydrogen-bond donors (Lipinski definition) is 1. The van der Waals surface area contributed by atoms with Crippen molar-refractivity contribution in [1.82, 2.24) is 0 Å². The molecule has 2 rings (SSSR count). The van der Waals surface area contributed by atoms with Crippen LogP contribution in [0.15, 0.2) is 48.1 Å². The summed E-state index contributed by atoms with van der Waals surface area (Å²) in [6, 6.07) is 8.54. The fourth-order valence-corrected chi connectivity index (χ4v) is 3.68. The van der Waals surface area contributed by atoms with Crippen molar-refractivity contribution in [2.75, 3.05) is 0 Å². The van der Waals surface area contributed by atoms with Crippen molar-refractivity contribution in [3.63, 3.8) is 0 Å². The van der Waals surface area contributed by atoms with E-state index in [9.17, 15) is 0 Å². The molecular formula is C33H59N. The number of terminal acetylenes is 1. The molecule has 1 aromatic carbocycles. The fraction of sp³-hybridized carbons (Fsp3) is 0.636. The lowest BCUT2D eigenvalue weighted by molar-refractivity contribution is 0.490. The number of allylic oxidation sites excluding steroid dienone is 4. The van der Waals surface area contributed by atoms with Gasteiger partial charge in [0.15, 0.2) is 0 Å². The van der Waals surface area contributed by atoms with Gasteiger partial charge in [0, 0.05) is 5.54 Å². The van der Waals surface area contributed by atoms with Gasteiger partial charge in [-0.15, -0.1) is 12.8 Å². The molecule has 0 radical (unpaired) electrons. The quantitative estimate of drug-likeness (QED) is 0.229. The van der Waals surface area contributed by atoms with Crippen LogP contribution >= 0.6 is 0 Å². The van der Waals surface area contributed by atoms with Crippen LogP contribution in [-0.2, 0) is 6.42 Å². The summed E-state index contributed by atoms with van der Waals surface area (Å²) in [7, 11) is 0. The van der Waals surface area contributed by atoms with Gasteiger partial charge in [-0.2, -0.15) is 0 Å². The van der Waals surface area contributed by atoms with E-state index in [1.807, 2.05) is 27.7 Å². The molecule has 196 valence electrons. The predicted octanol–water partition coefficient (Wildman–Crippen LogP) is 10.2. The van der Waals surface area contributed by atoms with E-state index >= 15 is 0 Å². The Hall–Kier alpha value is -1.78. The van der Waals surface area contributed by atoms with Gasteiger partial charge in [0.05, 0.1) is 0 Å². The molecule has 0 aliphatic heterocycles. The van der Waals surface area contributed by atoms with E-state index in [0.29, 0.717) is 0 Å². The highest BCUT2D eigenvalue weighted by atomic mass is 14.7. The normalized spacial score (nSPS) is 13.0. The van der Waals surface area contributed by atoms with E-state index in [4.69, 9.17) is 5.73 Å². The zero-order chi connectivity index (χ0) is 26.8. The lowest BCUT2D eigenvalue weighted by atomic mass is 9.88. The standard InChI is InChI=1S/C15H26.C11H17N.C3H8.C2H6.C2H2/c1-3-5-8-11-14(4-2)15-12-9-6-7-10-13-15;1-9-4-6-10(7-5-9)8-11(2,3)12;1-3-2;2*1-2/h6-7,12,14H,3-5,8-11,13H2,1-2H3;4-7H,8,12H2,1-3H3;3H2,1-2H3;1-2H3;1-2H. The van der Waals surface area contributed by atoms with Gasteiger partial charge in [0.2, 0.25) is 0 Å². The molecule has 0 heterocycles. The highest BCUT2D eigenvalue weighted by molar-refractivity contribution is 5.22. The first-order chi connectivity index (χ1) is 16.3. The molecule has 0 saturated carbocycles. The van der Waals surface area contributed by atoms with E-state index in [1.54, 1.807) is 5.57 Å². The largest absolute Gasteiger partial charge is 0.325 e. The molecule has 1 heteroatoms. The molecule has 1 atom stereocenters. The maximum absolute atomic E-state index is 5.91. The minimum absolute atomic E-state index is 0.102. The van der Waals surface area contributed by atoms with Crippen molar-refractivity contribution < 1.29 is 0 Å². The zero-order valence-electron chi connectivity index (χ0n) is 24.4. The zero-order valence-corrected chi connectivity index (χ0v) is 24.4. The number of unbranched alkanes of at least 4 members (excludes halogenated alkanes) is 2. The Labute approximate surface area is 215 Å². The SMILES string of the molecule is C#C.CC.CCC.CCCCCC(CC)C1=CCC=CCC1.Cc1ccc(CC(C)(C)N)cc1. The Balaban J connectivity index is -0.000000453. The maximum Gasteiger partial charge on any atom is 0.0138 e. The highest BCUT2D eigenvalue weighted by Crippen LogP contribution is 2.27. The third-order valence-corrected chi connectivity index (χ3v) is 5.24. The third-order valence-electron chi connectivity index (χ3n) is 5.24. The van der Waals surface area contributed by atoms with Crippen LogP contribution in [0.25, 0.3) is 0 Å². The molecule has 0 fully saturated rings. The fourth-order valence-electron chi connectivity index (χ4n) is 3.68. The van der Waals surface area contributed by atoms with Gasteiger partial charge in [-0.25, -0.2) is 0 Å². The van der Waals surface area contributed by atoms with E-state index in [-0.39, 0.29) is 5.54 Å². The Bertz CT molecular complexity index is 610. The molecule has 1 nitrogen and oxygen atoms in total. The van der Waals surface area contributed by atoms with Crippen molar-refractivity contribution >= 4 is 0 Å². The summed E-state index contributed by atoms with van der Waals surface area (Å²) in [5.74, 6) is 0.872. The van der Waals surface area contributed by atoms with Crippen LogP contribution in [0.4, 0.5) is 0 Å². The van der Waals surface area contributed by atoms with E-state index in [1.165, 1.54) is 68.9 Å². The summed E-state index contributed by atoms with van der Waals surface area (Å²) in [5, 5.41) is 0. The van der Waals surface area contributed by atoms with E-state index in [2.05, 4.69) is 90.0 Å². The topological polar surface area (TPSA) is 26.0 Å². The second-order valence-corrected chi connectivity index (χ2v) is 9.48. The second kappa shape index (κ2) is 25.8. The third kappa shape index (κ3) is 23.4. The van der Waals surface area contributed by atoms with Gasteiger partial charge in [-0.05, 0) is 70.8 Å². The maximum atomic E-state index is 5.91. The Morgan fingerprint density at radius 1 is 0.941 bits per heavy atom. The van der Waals surface area contributed by atoms with Crippen molar-refractivity contribution in [3.05, 3.63) is 59.2 Å². The molecular weight excluding hydrogens is 410 g/mol. The van der Waals surface area contributed by atoms with Crippen molar-refractivity contribution in [2.45, 2.75) is 132 Å². The van der Waals surface area contributed by atoms with Crippen LogP contribution in [0.5, 0.6) is 0 Å². The van der Waals surface area contributed by atoms with Crippen molar-refractivity contribution in [1.29, 1.82) is 0 Å². The molecule has 0 amide bonds. The van der Waals surface area contributed by atoms with Crippen molar-refractivity contribution in [2.24, 2.45) is 11.7 Å². The van der Waals surface area contributed by atoms with Crippen LogP contribution in [0.1, 0.15) is 124 Å². The van der Waals surface area contributed by atoms with E-state index < -0.39 is 0 Å². The Morgan fingerprint density at radius 3 is 1.97 bits per heavy atom. The minimum atomic E-state index is -0.102. The lowest BCUT2D eigenvalue weighted by Crippen LogP contribution is -2.34. The summed E-state index contributed by atoms with van der Waals surface area (Å²) < 4.78 is 0. The molecule has 0 aromatic heterocycles. The van der Waals surface area contributed by atoms with Crippen LogP contribution in [0.2, 0.25) is 0 Å². The molecule has 0 saturated heterocycles. The van der Waals surface area contributed by atoms with Crippen LogP contribution < -0.4 is 5.73 Å². The molecule has 1 aromatic rings. The molecule has 0 spiro atoms.